The average Bonchev–Trinajstić information content (AvgIpc) is 1.41. The maximum absolute atomic E-state index is 10.9. The summed E-state index contributed by atoms with van der Waals surface area (Å²) in [7, 11) is 0. The monoisotopic (exact) mass is 138 g/mol. The number of halogens is 2. The fourth-order valence-corrected chi connectivity index (χ4v) is 0.175. The molecule has 0 fully saturated rings. The van der Waals surface area contributed by atoms with Crippen LogP contribution in [0.4, 0.5) is 4.39 Å². The molecule has 30 valence electrons. The van der Waals surface area contributed by atoms with E-state index in [1.165, 1.54) is 11.1 Å². The van der Waals surface area contributed by atoms with Gasteiger partial charge in [-0.25, -0.2) is 4.39 Å². The van der Waals surface area contributed by atoms with Crippen LogP contribution < -0.4 is 0 Å². The molecule has 0 nitrogen and oxygen atoms in total. The zero-order chi connectivity index (χ0) is 4.12. The summed E-state index contributed by atoms with van der Waals surface area (Å²) >= 11 is 2.89. The van der Waals surface area contributed by atoms with Gasteiger partial charge < -0.3 is 0 Å². The van der Waals surface area contributed by atoms with Gasteiger partial charge in [-0.05, 0) is 11.1 Å². The summed E-state index contributed by atoms with van der Waals surface area (Å²) in [5.41, 5.74) is 0. The van der Waals surface area contributed by atoms with Gasteiger partial charge in [-0.3, -0.25) is 0 Å². The van der Waals surface area contributed by atoms with E-state index in [1.54, 1.807) is 0 Å². The molecule has 5 heavy (non-hydrogen) atoms. The fourth-order valence-electron chi connectivity index (χ4n) is 0.0337. The van der Waals surface area contributed by atoms with Crippen molar-refractivity contribution in [1.82, 2.24) is 0 Å². The van der Waals surface area contributed by atoms with Crippen molar-refractivity contribution in [2.45, 2.75) is 0 Å². The molecule has 0 aliphatic heterocycles. The Labute approximate surface area is 38.8 Å². The van der Waals surface area contributed by atoms with Crippen LogP contribution in [-0.4, -0.2) is 6.67 Å². The predicted molar refractivity (Wildman–Crippen MR) is 24.0 cm³/mol. The zero-order valence-electron chi connectivity index (χ0n) is 2.62. The maximum atomic E-state index is 10.9. The number of hydrogen-bond donors (Lipinski definition) is 0. The Kier molecular flexibility index (Phi) is 4.27. The average molecular weight is 139 g/mol. The van der Waals surface area contributed by atoms with E-state index in [0.717, 1.165) is 0 Å². The van der Waals surface area contributed by atoms with Crippen molar-refractivity contribution in [3.05, 3.63) is 11.1 Å². The molecule has 0 atom stereocenters. The van der Waals surface area contributed by atoms with Crippen LogP contribution in [0.25, 0.3) is 0 Å². The lowest BCUT2D eigenvalue weighted by molar-refractivity contribution is 0.562. The van der Waals surface area contributed by atoms with Crippen molar-refractivity contribution in [1.29, 1.82) is 0 Å². The quantitative estimate of drug-likeness (QED) is 0.520. The molecular formula is C3H4BrF. The summed E-state index contributed by atoms with van der Waals surface area (Å²) < 4.78 is 10.9. The minimum Gasteiger partial charge on any atom is -0.247 e. The van der Waals surface area contributed by atoms with Crippen molar-refractivity contribution in [3.63, 3.8) is 0 Å². The molecule has 0 rings (SSSR count). The SMILES string of the molecule is FC/C=C/Br. The van der Waals surface area contributed by atoms with Crippen LogP contribution in [0.1, 0.15) is 0 Å². The fraction of sp³-hybridized carbons (Fsp3) is 0.333. The third kappa shape index (κ3) is 4.15. The Bertz CT molecular complexity index is 33.9. The Morgan fingerprint density at radius 1 is 1.80 bits per heavy atom. The lowest BCUT2D eigenvalue weighted by Crippen LogP contribution is -1.51. The van der Waals surface area contributed by atoms with Gasteiger partial charge >= 0.3 is 0 Å². The van der Waals surface area contributed by atoms with E-state index >= 15 is 0 Å². The Hall–Kier alpha value is 0.150. The molecule has 0 aromatic rings. The molecule has 0 aromatic carbocycles. The van der Waals surface area contributed by atoms with Crippen molar-refractivity contribution in [3.8, 4) is 0 Å². The Balaban J connectivity index is 2.62. The van der Waals surface area contributed by atoms with Gasteiger partial charge in [0.1, 0.15) is 6.67 Å². The molecule has 0 aromatic heterocycles. The number of allylic oxidation sites excluding steroid dienone is 1. The minimum atomic E-state index is -0.384. The van der Waals surface area contributed by atoms with Crippen molar-refractivity contribution in [2.75, 3.05) is 6.67 Å². The predicted octanol–water partition coefficient (Wildman–Crippen LogP) is 1.86. The highest BCUT2D eigenvalue weighted by Crippen LogP contribution is 1.80. The van der Waals surface area contributed by atoms with Crippen LogP contribution in [0.2, 0.25) is 0 Å². The van der Waals surface area contributed by atoms with Gasteiger partial charge in [0, 0.05) is 0 Å². The highest BCUT2D eigenvalue weighted by molar-refractivity contribution is 9.11. The standard InChI is InChI=1S/C3H4BrF/c4-2-1-3-5/h1-2H,3H2/b2-1+. The van der Waals surface area contributed by atoms with E-state index in [-0.39, 0.29) is 6.67 Å². The first-order chi connectivity index (χ1) is 2.41. The van der Waals surface area contributed by atoms with E-state index < -0.39 is 0 Å². The summed E-state index contributed by atoms with van der Waals surface area (Å²) in [5.74, 6) is 0. The topological polar surface area (TPSA) is 0 Å². The van der Waals surface area contributed by atoms with Gasteiger partial charge in [-0.2, -0.15) is 0 Å². The first-order valence-electron chi connectivity index (χ1n) is 1.23. The van der Waals surface area contributed by atoms with Crippen LogP contribution in [0.5, 0.6) is 0 Å². The van der Waals surface area contributed by atoms with Gasteiger partial charge in [0.15, 0.2) is 0 Å². The zero-order valence-corrected chi connectivity index (χ0v) is 4.20. The molecule has 0 saturated carbocycles. The van der Waals surface area contributed by atoms with E-state index in [4.69, 9.17) is 0 Å². The van der Waals surface area contributed by atoms with Gasteiger partial charge in [0.25, 0.3) is 0 Å². The summed E-state index contributed by atoms with van der Waals surface area (Å²) in [6.07, 6.45) is 1.38. The number of alkyl halides is 1. The van der Waals surface area contributed by atoms with Crippen molar-refractivity contribution < 1.29 is 4.39 Å². The minimum absolute atomic E-state index is 0.384. The van der Waals surface area contributed by atoms with E-state index in [1.807, 2.05) is 0 Å². The molecule has 0 aliphatic rings. The lowest BCUT2D eigenvalue weighted by Gasteiger charge is -1.60. The summed E-state index contributed by atoms with van der Waals surface area (Å²) in [4.78, 5) is 1.49. The molecule has 0 radical (unpaired) electrons. The molecule has 0 amide bonds. The van der Waals surface area contributed by atoms with Crippen LogP contribution in [0, 0.1) is 0 Å². The van der Waals surface area contributed by atoms with Gasteiger partial charge in [0.05, 0.1) is 0 Å². The van der Waals surface area contributed by atoms with Gasteiger partial charge in [-0.1, -0.05) is 15.9 Å². The molecule has 0 N–H and O–H groups in total. The van der Waals surface area contributed by atoms with Crippen LogP contribution in [-0.2, 0) is 0 Å². The van der Waals surface area contributed by atoms with Crippen molar-refractivity contribution >= 4 is 15.9 Å². The maximum Gasteiger partial charge on any atom is 0.108 e. The summed E-state index contributed by atoms with van der Waals surface area (Å²) in [6, 6.07) is 0. The molecule has 0 aliphatic carbocycles. The second kappa shape index (κ2) is 4.15. The molecular weight excluding hydrogens is 135 g/mol. The van der Waals surface area contributed by atoms with Crippen LogP contribution >= 0.6 is 15.9 Å². The molecule has 2 heteroatoms. The number of hydrogen-bond acceptors (Lipinski definition) is 0. The van der Waals surface area contributed by atoms with Crippen molar-refractivity contribution in [2.24, 2.45) is 0 Å². The third-order valence-corrected chi connectivity index (χ3v) is 0.552. The Morgan fingerprint density at radius 3 is 2.40 bits per heavy atom. The molecule has 0 unspecified atom stereocenters. The molecule has 0 bridgehead atoms. The van der Waals surface area contributed by atoms with E-state index in [9.17, 15) is 4.39 Å². The van der Waals surface area contributed by atoms with Crippen LogP contribution in [0.3, 0.4) is 0 Å². The lowest BCUT2D eigenvalue weighted by atomic mass is 10.7. The normalized spacial score (nSPS) is 10.0. The number of rotatable bonds is 1. The first-order valence-corrected chi connectivity index (χ1v) is 2.14. The van der Waals surface area contributed by atoms with Crippen LogP contribution in [0.15, 0.2) is 11.1 Å². The second-order valence-corrected chi connectivity index (χ2v) is 1.04. The molecule has 0 heterocycles. The Morgan fingerprint density at radius 2 is 2.40 bits per heavy atom. The summed E-state index contributed by atoms with van der Waals surface area (Å²) in [6.45, 7) is -0.384. The molecule has 0 spiro atoms. The highest BCUT2D eigenvalue weighted by atomic mass is 79.9. The highest BCUT2D eigenvalue weighted by Gasteiger charge is 1.57. The third-order valence-electron chi connectivity index (χ3n) is 0.178. The van der Waals surface area contributed by atoms with Gasteiger partial charge in [-0.15, -0.1) is 0 Å². The van der Waals surface area contributed by atoms with E-state index in [0.29, 0.717) is 0 Å². The smallest absolute Gasteiger partial charge is 0.108 e. The van der Waals surface area contributed by atoms with E-state index in [2.05, 4.69) is 15.9 Å². The second-order valence-electron chi connectivity index (χ2n) is 0.516. The first kappa shape index (κ1) is 5.15. The van der Waals surface area contributed by atoms with Gasteiger partial charge in [0.2, 0.25) is 0 Å². The molecule has 0 saturated heterocycles. The summed E-state index contributed by atoms with van der Waals surface area (Å²) in [5, 5.41) is 0. The largest absolute Gasteiger partial charge is 0.247 e.